The Morgan fingerprint density at radius 1 is 1.37 bits per heavy atom. The minimum Gasteiger partial charge on any atom is -0.454 e. The lowest BCUT2D eigenvalue weighted by Gasteiger charge is -2.02. The summed E-state index contributed by atoms with van der Waals surface area (Å²) in [4.78, 5) is 16.3. The van der Waals surface area contributed by atoms with Gasteiger partial charge in [-0.15, -0.1) is 0 Å². The van der Waals surface area contributed by atoms with Gasteiger partial charge < -0.3 is 14.2 Å². The number of nitrogens with one attached hydrogen (secondary N) is 1. The third-order valence-corrected chi connectivity index (χ3v) is 2.39. The van der Waals surface area contributed by atoms with Gasteiger partial charge >= 0.3 is 0 Å². The first kappa shape index (κ1) is 13.4. The molecule has 0 fully saturated rings. The van der Waals surface area contributed by atoms with Gasteiger partial charge in [0.25, 0.3) is 5.91 Å². The number of fused-ring (bicyclic) bond motifs is 1. The number of methoxy groups -OCH3 is 1. The van der Waals surface area contributed by atoms with Crippen LogP contribution in [-0.2, 0) is 14.4 Å². The molecule has 1 heterocycles. The first-order valence-electron chi connectivity index (χ1n) is 5.78. The summed E-state index contributed by atoms with van der Waals surface area (Å²) in [5.74, 6) is 1.05. The van der Waals surface area contributed by atoms with Crippen molar-refractivity contribution in [3.8, 4) is 11.5 Å². The molecule has 0 unspecified atom stereocenters. The lowest BCUT2D eigenvalue weighted by atomic mass is 10.2. The first-order chi connectivity index (χ1) is 9.29. The molecule has 0 radical (unpaired) electrons. The third kappa shape index (κ3) is 3.97. The molecule has 0 aromatic heterocycles. The van der Waals surface area contributed by atoms with Crippen LogP contribution in [0.2, 0.25) is 0 Å². The number of carbonyl (C=O) groups is 1. The van der Waals surface area contributed by atoms with E-state index in [4.69, 9.17) is 19.0 Å². The minimum atomic E-state index is -0.339. The highest BCUT2D eigenvalue weighted by atomic mass is 16.7. The van der Waals surface area contributed by atoms with Crippen LogP contribution >= 0.6 is 0 Å². The van der Waals surface area contributed by atoms with E-state index in [1.54, 1.807) is 25.3 Å². The van der Waals surface area contributed by atoms with Gasteiger partial charge in [0.2, 0.25) is 6.79 Å². The standard InChI is InChI=1S/C13H15NO5/c1-16-6-7-19-14-13(15)5-3-10-2-4-11-12(8-10)18-9-17-11/h2-5,8H,6-7,9H2,1H3,(H,14,15)/b5-3+. The number of hydrogen-bond acceptors (Lipinski definition) is 5. The molecule has 102 valence electrons. The van der Waals surface area contributed by atoms with E-state index in [9.17, 15) is 4.79 Å². The molecule has 1 aliphatic rings. The SMILES string of the molecule is COCCONC(=O)/C=C/c1ccc2c(c1)OCO2. The number of ether oxygens (including phenoxy) is 3. The smallest absolute Gasteiger partial charge is 0.267 e. The summed E-state index contributed by atoms with van der Waals surface area (Å²) in [7, 11) is 1.56. The summed E-state index contributed by atoms with van der Waals surface area (Å²) in [6.07, 6.45) is 3.04. The summed E-state index contributed by atoms with van der Waals surface area (Å²) in [6.45, 7) is 0.961. The fraction of sp³-hybridized carbons (Fsp3) is 0.308. The zero-order valence-electron chi connectivity index (χ0n) is 10.5. The van der Waals surface area contributed by atoms with Crippen LogP contribution in [0.5, 0.6) is 11.5 Å². The maximum atomic E-state index is 11.4. The zero-order chi connectivity index (χ0) is 13.5. The van der Waals surface area contributed by atoms with Crippen LogP contribution in [0.1, 0.15) is 5.56 Å². The Morgan fingerprint density at radius 3 is 3.05 bits per heavy atom. The number of hydroxylamine groups is 1. The minimum absolute atomic E-state index is 0.232. The lowest BCUT2D eigenvalue weighted by molar-refractivity contribution is -0.129. The van der Waals surface area contributed by atoms with Crippen molar-refractivity contribution in [2.24, 2.45) is 0 Å². The number of rotatable bonds is 6. The molecule has 1 N–H and O–H groups in total. The van der Waals surface area contributed by atoms with Crippen molar-refractivity contribution < 1.29 is 23.8 Å². The van der Waals surface area contributed by atoms with Crippen LogP contribution in [0, 0.1) is 0 Å². The van der Waals surface area contributed by atoms with Crippen LogP contribution in [0.4, 0.5) is 0 Å². The van der Waals surface area contributed by atoms with Crippen molar-refractivity contribution in [3.05, 3.63) is 29.8 Å². The van der Waals surface area contributed by atoms with E-state index in [2.05, 4.69) is 5.48 Å². The molecule has 2 rings (SSSR count). The van der Waals surface area contributed by atoms with E-state index in [0.717, 1.165) is 5.56 Å². The van der Waals surface area contributed by atoms with Gasteiger partial charge in [0.15, 0.2) is 11.5 Å². The Balaban J connectivity index is 1.83. The summed E-state index contributed by atoms with van der Waals surface area (Å²) in [6, 6.07) is 5.44. The molecule has 0 saturated heterocycles. The molecule has 0 bridgehead atoms. The fourth-order valence-corrected chi connectivity index (χ4v) is 1.47. The van der Waals surface area contributed by atoms with Crippen molar-refractivity contribution in [1.29, 1.82) is 0 Å². The Kier molecular flexibility index (Phi) is 4.77. The maximum Gasteiger partial charge on any atom is 0.267 e. The fourth-order valence-electron chi connectivity index (χ4n) is 1.47. The van der Waals surface area contributed by atoms with Crippen LogP contribution in [0.25, 0.3) is 6.08 Å². The van der Waals surface area contributed by atoms with Crippen LogP contribution in [-0.4, -0.2) is 33.0 Å². The van der Waals surface area contributed by atoms with Gasteiger partial charge in [-0.1, -0.05) is 6.07 Å². The van der Waals surface area contributed by atoms with Gasteiger partial charge in [-0.3, -0.25) is 9.63 Å². The van der Waals surface area contributed by atoms with E-state index in [1.807, 2.05) is 6.07 Å². The molecule has 0 saturated carbocycles. The van der Waals surface area contributed by atoms with Gasteiger partial charge in [0, 0.05) is 13.2 Å². The first-order valence-corrected chi connectivity index (χ1v) is 5.78. The zero-order valence-corrected chi connectivity index (χ0v) is 10.5. The molecular formula is C13H15NO5. The summed E-state index contributed by atoms with van der Waals surface area (Å²) >= 11 is 0. The van der Waals surface area contributed by atoms with Gasteiger partial charge in [-0.2, -0.15) is 0 Å². The Morgan fingerprint density at radius 2 is 2.21 bits per heavy atom. The van der Waals surface area contributed by atoms with Gasteiger partial charge in [0.05, 0.1) is 13.2 Å². The molecule has 1 aliphatic heterocycles. The highest BCUT2D eigenvalue weighted by molar-refractivity contribution is 5.91. The van der Waals surface area contributed by atoms with E-state index in [0.29, 0.717) is 24.7 Å². The quantitative estimate of drug-likeness (QED) is 0.474. The van der Waals surface area contributed by atoms with Crippen molar-refractivity contribution in [3.63, 3.8) is 0 Å². The van der Waals surface area contributed by atoms with Crippen LogP contribution < -0.4 is 15.0 Å². The van der Waals surface area contributed by atoms with E-state index in [-0.39, 0.29) is 12.7 Å². The van der Waals surface area contributed by atoms with Gasteiger partial charge in [-0.25, -0.2) is 5.48 Å². The molecule has 0 spiro atoms. The van der Waals surface area contributed by atoms with Crippen molar-refractivity contribution in [2.75, 3.05) is 27.1 Å². The summed E-state index contributed by atoms with van der Waals surface area (Å²) < 4.78 is 15.2. The van der Waals surface area contributed by atoms with E-state index < -0.39 is 0 Å². The predicted molar refractivity (Wildman–Crippen MR) is 67.6 cm³/mol. The molecule has 1 aromatic rings. The topological polar surface area (TPSA) is 66.0 Å². The number of carbonyl (C=O) groups excluding carboxylic acids is 1. The second kappa shape index (κ2) is 6.77. The predicted octanol–water partition coefficient (Wildman–Crippen LogP) is 1.12. The molecule has 1 amide bonds. The molecule has 6 nitrogen and oxygen atoms in total. The number of amides is 1. The normalized spacial score (nSPS) is 12.9. The molecule has 1 aromatic carbocycles. The van der Waals surface area contributed by atoms with Crippen molar-refractivity contribution in [2.45, 2.75) is 0 Å². The monoisotopic (exact) mass is 265 g/mol. The van der Waals surface area contributed by atoms with E-state index >= 15 is 0 Å². The average molecular weight is 265 g/mol. The third-order valence-electron chi connectivity index (χ3n) is 2.39. The molecule has 0 atom stereocenters. The Labute approximate surface area is 110 Å². The van der Waals surface area contributed by atoms with Crippen molar-refractivity contribution >= 4 is 12.0 Å². The highest BCUT2D eigenvalue weighted by Crippen LogP contribution is 2.32. The summed E-state index contributed by atoms with van der Waals surface area (Å²) in [5.41, 5.74) is 3.12. The molecule has 19 heavy (non-hydrogen) atoms. The molecule has 6 heteroatoms. The molecular weight excluding hydrogens is 250 g/mol. The summed E-state index contributed by atoms with van der Waals surface area (Å²) in [5, 5.41) is 0. The second-order valence-electron chi connectivity index (χ2n) is 3.75. The molecule has 0 aliphatic carbocycles. The van der Waals surface area contributed by atoms with Crippen LogP contribution in [0.15, 0.2) is 24.3 Å². The van der Waals surface area contributed by atoms with E-state index in [1.165, 1.54) is 6.08 Å². The van der Waals surface area contributed by atoms with Crippen LogP contribution in [0.3, 0.4) is 0 Å². The highest BCUT2D eigenvalue weighted by Gasteiger charge is 2.12. The second-order valence-corrected chi connectivity index (χ2v) is 3.75. The maximum absolute atomic E-state index is 11.4. The largest absolute Gasteiger partial charge is 0.454 e. The van der Waals surface area contributed by atoms with Gasteiger partial charge in [0.1, 0.15) is 0 Å². The number of hydrogen-bond donors (Lipinski definition) is 1. The van der Waals surface area contributed by atoms with Gasteiger partial charge in [-0.05, 0) is 23.8 Å². The van der Waals surface area contributed by atoms with Crippen molar-refractivity contribution in [1.82, 2.24) is 5.48 Å². The lowest BCUT2D eigenvalue weighted by Crippen LogP contribution is -2.23. The Bertz CT molecular complexity index is 472. The average Bonchev–Trinajstić information content (AvgIpc) is 2.89. The Hall–Kier alpha value is -2.05. The number of benzene rings is 1.